The normalized spacial score (nSPS) is 23.4. The summed E-state index contributed by atoms with van der Waals surface area (Å²) in [6.45, 7) is -0.202. The Morgan fingerprint density at radius 1 is 0.868 bits per heavy atom. The maximum Gasteiger partial charge on any atom is 0.647 e. The highest BCUT2D eigenvalue weighted by Crippen LogP contribution is 2.57. The van der Waals surface area contributed by atoms with Gasteiger partial charge in [0.2, 0.25) is 12.5 Å². The molecule has 11 nitrogen and oxygen atoms in total. The Labute approximate surface area is 216 Å². The summed E-state index contributed by atoms with van der Waals surface area (Å²) in [5.41, 5.74) is 0.450. The van der Waals surface area contributed by atoms with Gasteiger partial charge in [-0.05, 0) is 42.0 Å². The number of benzene rings is 3. The second-order valence-corrected chi connectivity index (χ2v) is 10.2. The molecule has 6 rings (SSSR count). The molecule has 3 aromatic carbocycles. The van der Waals surface area contributed by atoms with Gasteiger partial charge in [-0.1, -0.05) is 36.4 Å². The van der Waals surface area contributed by atoms with Crippen molar-refractivity contribution in [2.75, 3.05) is 6.79 Å². The predicted octanol–water partition coefficient (Wildman–Crippen LogP) is 2.65. The molecule has 0 fully saturated rings. The molecule has 4 N–H and O–H groups in total. The number of para-hydroxylation sites is 2. The molecule has 2 aliphatic heterocycles. The van der Waals surface area contributed by atoms with Crippen molar-refractivity contribution in [2.24, 2.45) is 0 Å². The first kappa shape index (κ1) is 24.3. The maximum absolute atomic E-state index is 14.1. The summed E-state index contributed by atoms with van der Waals surface area (Å²) in [6, 6.07) is 16.9. The molecule has 12 heteroatoms. The van der Waals surface area contributed by atoms with Crippen LogP contribution < -0.4 is 28.4 Å². The number of aliphatic hydroxyl groups is 3. The molecule has 4 atom stereocenters. The predicted molar refractivity (Wildman–Crippen MR) is 132 cm³/mol. The van der Waals surface area contributed by atoms with Crippen LogP contribution in [0.25, 0.3) is 5.57 Å². The molecule has 1 amide bonds. The van der Waals surface area contributed by atoms with Crippen molar-refractivity contribution in [3.63, 3.8) is 0 Å². The summed E-state index contributed by atoms with van der Waals surface area (Å²) in [5.74, 6) is -0.422. The van der Waals surface area contributed by atoms with Crippen LogP contribution in [-0.4, -0.2) is 52.4 Å². The summed E-state index contributed by atoms with van der Waals surface area (Å²) in [5, 5.41) is 33.6. The van der Waals surface area contributed by atoms with Crippen molar-refractivity contribution < 1.29 is 47.7 Å². The van der Waals surface area contributed by atoms with E-state index in [1.807, 2.05) is 0 Å². The van der Waals surface area contributed by atoms with Gasteiger partial charge in [-0.25, -0.2) is 0 Å². The molecule has 0 spiro atoms. The van der Waals surface area contributed by atoms with Crippen LogP contribution in [-0.2, 0) is 4.57 Å². The van der Waals surface area contributed by atoms with Gasteiger partial charge in [-0.2, -0.15) is 4.57 Å². The molecular weight excluding hydrogens is 517 g/mol. The van der Waals surface area contributed by atoms with E-state index in [0.29, 0.717) is 5.57 Å². The Balaban J connectivity index is 1.49. The van der Waals surface area contributed by atoms with E-state index in [9.17, 15) is 24.7 Å². The number of carbonyl (C=O) groups is 1. The molecule has 0 unspecified atom stereocenters. The van der Waals surface area contributed by atoms with Gasteiger partial charge in [0, 0.05) is 5.56 Å². The summed E-state index contributed by atoms with van der Waals surface area (Å²) in [4.78, 5) is 13.4. The zero-order chi connectivity index (χ0) is 26.4. The highest BCUT2D eigenvalue weighted by Gasteiger charge is 2.47. The number of nitrogens with one attached hydrogen (secondary N) is 1. The van der Waals surface area contributed by atoms with Gasteiger partial charge < -0.3 is 43.7 Å². The largest absolute Gasteiger partial charge is 0.647 e. The third-order valence-corrected chi connectivity index (χ3v) is 7.57. The minimum Gasteiger partial charge on any atom is -0.453 e. The minimum atomic E-state index is -4.53. The van der Waals surface area contributed by atoms with Crippen LogP contribution in [0.15, 0.2) is 72.8 Å². The second-order valence-electron chi connectivity index (χ2n) is 8.75. The number of aliphatic hydroxyl groups excluding tert-OH is 3. The highest BCUT2D eigenvalue weighted by atomic mass is 31.2. The summed E-state index contributed by atoms with van der Waals surface area (Å²) < 4.78 is 42.6. The van der Waals surface area contributed by atoms with Gasteiger partial charge in [0.1, 0.15) is 29.8 Å². The molecule has 2 heterocycles. The van der Waals surface area contributed by atoms with Crippen LogP contribution in [0.5, 0.6) is 28.7 Å². The molecule has 0 saturated heterocycles. The Morgan fingerprint density at radius 3 is 2.13 bits per heavy atom. The van der Waals surface area contributed by atoms with Crippen LogP contribution in [0.1, 0.15) is 15.9 Å². The number of hydrogen-bond acceptors (Lipinski definition) is 10. The summed E-state index contributed by atoms with van der Waals surface area (Å²) in [7, 11) is -4.53. The lowest BCUT2D eigenvalue weighted by Gasteiger charge is -2.39. The van der Waals surface area contributed by atoms with Crippen LogP contribution in [0.2, 0.25) is 0 Å². The second kappa shape index (κ2) is 9.38. The third kappa shape index (κ3) is 4.25. The van der Waals surface area contributed by atoms with E-state index in [-0.39, 0.29) is 46.7 Å². The Morgan fingerprint density at radius 2 is 1.50 bits per heavy atom. The smallest absolute Gasteiger partial charge is 0.453 e. The number of fused-ring (bicyclic) bond motifs is 4. The maximum atomic E-state index is 14.1. The molecule has 1 aliphatic carbocycles. The van der Waals surface area contributed by atoms with Crippen molar-refractivity contribution in [1.29, 1.82) is 0 Å². The minimum absolute atomic E-state index is 0.00318. The molecule has 3 aromatic rings. The quantitative estimate of drug-likeness (QED) is 0.344. The number of amides is 1. The van der Waals surface area contributed by atoms with E-state index < -0.39 is 38.1 Å². The lowest BCUT2D eigenvalue weighted by molar-refractivity contribution is -0.0535. The number of phosphoric acid groups is 1. The third-order valence-electron chi connectivity index (χ3n) is 6.29. The topological polar surface area (TPSA) is 153 Å². The number of carbonyl (C=O) groups excluding carboxylic acids is 1. The fourth-order valence-corrected chi connectivity index (χ4v) is 5.81. The standard InChI is InChI=1S/C26H22NO10P/c28-18-11-17-16-12-19-24(34-13-33-19)25(20(16)26(31)27-21(17)23(30)22(18)29)37-38(32,35-14-7-3-1-4-8-14)36-15-9-5-2-6-10-15/h1-12,18,21-23,28-30H,13H2,(H,27,31)/t18-,21+,22+,23-/m0/s1. The van der Waals surface area contributed by atoms with E-state index in [1.54, 1.807) is 60.7 Å². The summed E-state index contributed by atoms with van der Waals surface area (Å²) in [6.07, 6.45) is -3.06. The van der Waals surface area contributed by atoms with Crippen molar-refractivity contribution >= 4 is 19.3 Å². The van der Waals surface area contributed by atoms with Gasteiger partial charge in [0.25, 0.3) is 5.91 Å². The zero-order valence-corrected chi connectivity index (χ0v) is 20.5. The van der Waals surface area contributed by atoms with Gasteiger partial charge in [0.05, 0.1) is 11.6 Å². The average molecular weight is 539 g/mol. The monoisotopic (exact) mass is 539 g/mol. The number of phosphoric ester groups is 1. The van der Waals surface area contributed by atoms with Crippen molar-refractivity contribution in [3.8, 4) is 28.7 Å². The van der Waals surface area contributed by atoms with E-state index in [0.717, 1.165) is 0 Å². The number of hydrogen-bond donors (Lipinski definition) is 4. The first-order valence-electron chi connectivity index (χ1n) is 11.7. The van der Waals surface area contributed by atoms with Crippen LogP contribution in [0.4, 0.5) is 0 Å². The molecule has 196 valence electrons. The molecule has 3 aliphatic rings. The SMILES string of the molecule is O=C1N[C@@H]2C(=C[C@H](O)[C@@H](O)[C@H]2O)c2cc3c(c(OP(=O)(Oc4ccccc4)Oc4ccccc4)c21)OCO3. The average Bonchev–Trinajstić information content (AvgIpc) is 3.38. The first-order valence-corrected chi connectivity index (χ1v) is 13.1. The molecule has 0 bridgehead atoms. The van der Waals surface area contributed by atoms with E-state index >= 15 is 0 Å². The van der Waals surface area contributed by atoms with Gasteiger partial charge in [-0.3, -0.25) is 4.79 Å². The van der Waals surface area contributed by atoms with Crippen molar-refractivity contribution in [3.05, 3.63) is 83.9 Å². The molecule has 0 radical (unpaired) electrons. The fraction of sp³-hybridized carbons (Fsp3) is 0.192. The molecule has 0 saturated carbocycles. The van der Waals surface area contributed by atoms with E-state index in [4.69, 9.17) is 23.0 Å². The van der Waals surface area contributed by atoms with Crippen LogP contribution >= 0.6 is 7.82 Å². The van der Waals surface area contributed by atoms with E-state index in [1.165, 1.54) is 12.1 Å². The van der Waals surface area contributed by atoms with Crippen molar-refractivity contribution in [1.82, 2.24) is 5.32 Å². The molecule has 0 aromatic heterocycles. The zero-order valence-electron chi connectivity index (χ0n) is 19.6. The van der Waals surface area contributed by atoms with Crippen LogP contribution in [0, 0.1) is 0 Å². The summed E-state index contributed by atoms with van der Waals surface area (Å²) >= 11 is 0. The Hall–Kier alpha value is -4.02. The highest BCUT2D eigenvalue weighted by molar-refractivity contribution is 7.49. The number of rotatable bonds is 6. The van der Waals surface area contributed by atoms with Gasteiger partial charge in [0.15, 0.2) is 11.5 Å². The van der Waals surface area contributed by atoms with Gasteiger partial charge >= 0.3 is 7.82 Å². The van der Waals surface area contributed by atoms with E-state index in [2.05, 4.69) is 5.32 Å². The van der Waals surface area contributed by atoms with Crippen molar-refractivity contribution in [2.45, 2.75) is 24.4 Å². The number of ether oxygens (including phenoxy) is 2. The van der Waals surface area contributed by atoms with Crippen LogP contribution in [0.3, 0.4) is 0 Å². The Kier molecular flexibility index (Phi) is 6.00. The lowest BCUT2D eigenvalue weighted by atomic mass is 9.79. The lowest BCUT2D eigenvalue weighted by Crippen LogP contribution is -2.57. The van der Waals surface area contributed by atoms with Gasteiger partial charge in [-0.15, -0.1) is 0 Å². The Bertz CT molecular complexity index is 1420. The fourth-order valence-electron chi connectivity index (χ4n) is 4.54. The molecule has 38 heavy (non-hydrogen) atoms. The first-order chi connectivity index (χ1) is 18.3. The molecular formula is C26H22NO10P.